The lowest BCUT2D eigenvalue weighted by atomic mass is 10.2. The molecule has 0 unspecified atom stereocenters. The molecule has 29 heavy (non-hydrogen) atoms. The third-order valence-corrected chi connectivity index (χ3v) is 6.71. The molecule has 7 heteroatoms. The second kappa shape index (κ2) is 7.50. The highest BCUT2D eigenvalue weighted by Crippen LogP contribution is 2.30. The first-order valence-corrected chi connectivity index (χ1v) is 11.1. The lowest BCUT2D eigenvalue weighted by Gasteiger charge is -2.13. The Hall–Kier alpha value is -2.90. The van der Waals surface area contributed by atoms with E-state index in [-0.39, 0.29) is 11.2 Å². The van der Waals surface area contributed by atoms with Crippen molar-refractivity contribution < 1.29 is 4.79 Å². The minimum absolute atomic E-state index is 0.00377. The fraction of sp³-hybridized carbons (Fsp3) is 0.136. The molecule has 2 aromatic carbocycles. The number of rotatable bonds is 5. The van der Waals surface area contributed by atoms with E-state index in [9.17, 15) is 4.79 Å². The first kappa shape index (κ1) is 18.1. The summed E-state index contributed by atoms with van der Waals surface area (Å²) in [6.45, 7) is 2.46. The fourth-order valence-corrected chi connectivity index (χ4v) is 4.93. The molecule has 5 aromatic rings. The lowest BCUT2D eigenvalue weighted by molar-refractivity contribution is -0.120. The van der Waals surface area contributed by atoms with Gasteiger partial charge in [0.25, 0.3) is 0 Å². The van der Waals surface area contributed by atoms with Gasteiger partial charge in [0.2, 0.25) is 5.91 Å². The van der Waals surface area contributed by atoms with Crippen molar-refractivity contribution in [3.8, 4) is 0 Å². The Morgan fingerprint density at radius 1 is 1.07 bits per heavy atom. The first-order chi connectivity index (χ1) is 14.2. The third kappa shape index (κ3) is 3.36. The number of thioether (sulfide) groups is 1. The Labute approximate surface area is 175 Å². The van der Waals surface area contributed by atoms with Gasteiger partial charge in [-0.15, -0.1) is 11.3 Å². The van der Waals surface area contributed by atoms with Gasteiger partial charge in [-0.05, 0) is 42.6 Å². The standard InChI is InChI=1S/C22H18N4OS2/c1-14(21(27)23-13-15-7-6-12-28-15)29-22-25-17-9-3-2-8-16(17)20-24-18-10-4-5-11-19(18)26(20)22/h2-12,14H,13H2,1H3,(H,23,27)/t14-/m0/s1. The van der Waals surface area contributed by atoms with Crippen molar-refractivity contribution in [1.29, 1.82) is 0 Å². The van der Waals surface area contributed by atoms with Crippen LogP contribution in [-0.2, 0) is 11.3 Å². The smallest absolute Gasteiger partial charge is 0.233 e. The van der Waals surface area contributed by atoms with Crippen molar-refractivity contribution in [2.45, 2.75) is 23.9 Å². The molecule has 3 heterocycles. The number of hydrogen-bond acceptors (Lipinski definition) is 5. The topological polar surface area (TPSA) is 59.3 Å². The minimum atomic E-state index is -0.284. The zero-order valence-electron chi connectivity index (χ0n) is 15.7. The summed E-state index contributed by atoms with van der Waals surface area (Å²) in [7, 11) is 0. The summed E-state index contributed by atoms with van der Waals surface area (Å²) in [5.41, 5.74) is 3.66. The molecule has 1 atom stereocenters. The highest BCUT2D eigenvalue weighted by Gasteiger charge is 2.20. The largest absolute Gasteiger partial charge is 0.350 e. The number of carbonyl (C=O) groups excluding carboxylic acids is 1. The van der Waals surface area contributed by atoms with E-state index < -0.39 is 0 Å². The van der Waals surface area contributed by atoms with E-state index in [2.05, 4.69) is 9.72 Å². The number of benzene rings is 2. The molecule has 0 aliphatic rings. The molecule has 0 aliphatic heterocycles. The summed E-state index contributed by atoms with van der Waals surface area (Å²) >= 11 is 3.10. The first-order valence-electron chi connectivity index (χ1n) is 9.33. The van der Waals surface area contributed by atoms with E-state index >= 15 is 0 Å². The molecule has 0 saturated heterocycles. The monoisotopic (exact) mass is 418 g/mol. The van der Waals surface area contributed by atoms with Crippen molar-refractivity contribution in [2.75, 3.05) is 0 Å². The molecule has 0 aliphatic carbocycles. The van der Waals surface area contributed by atoms with Crippen LogP contribution >= 0.6 is 23.1 Å². The minimum Gasteiger partial charge on any atom is -0.350 e. The maximum absolute atomic E-state index is 12.7. The van der Waals surface area contributed by atoms with E-state index in [0.29, 0.717) is 6.54 Å². The van der Waals surface area contributed by atoms with Crippen LogP contribution in [0.5, 0.6) is 0 Å². The van der Waals surface area contributed by atoms with Gasteiger partial charge in [-0.25, -0.2) is 9.97 Å². The van der Waals surface area contributed by atoms with Crippen molar-refractivity contribution in [3.63, 3.8) is 0 Å². The number of nitrogens with one attached hydrogen (secondary N) is 1. The number of hydrogen-bond donors (Lipinski definition) is 1. The van der Waals surface area contributed by atoms with Gasteiger partial charge in [0.05, 0.1) is 28.3 Å². The average molecular weight is 419 g/mol. The quantitative estimate of drug-likeness (QED) is 0.326. The van der Waals surface area contributed by atoms with Crippen LogP contribution in [-0.4, -0.2) is 25.5 Å². The van der Waals surface area contributed by atoms with Gasteiger partial charge in [-0.1, -0.05) is 42.1 Å². The lowest BCUT2D eigenvalue weighted by Crippen LogP contribution is -2.30. The molecular weight excluding hydrogens is 400 g/mol. The number of carbonyl (C=O) groups is 1. The van der Waals surface area contributed by atoms with Gasteiger partial charge in [0.1, 0.15) is 5.65 Å². The third-order valence-electron chi connectivity index (χ3n) is 4.78. The fourth-order valence-electron chi connectivity index (χ4n) is 3.34. The number of thiophene rings is 1. The van der Waals surface area contributed by atoms with Gasteiger partial charge >= 0.3 is 0 Å². The van der Waals surface area contributed by atoms with Crippen molar-refractivity contribution in [3.05, 3.63) is 70.9 Å². The number of aromatic nitrogens is 3. The number of amides is 1. The van der Waals surface area contributed by atoms with E-state index in [1.807, 2.05) is 73.0 Å². The van der Waals surface area contributed by atoms with Gasteiger partial charge in [0.15, 0.2) is 5.16 Å². The number of fused-ring (bicyclic) bond motifs is 5. The zero-order chi connectivity index (χ0) is 19.8. The van der Waals surface area contributed by atoms with Gasteiger partial charge < -0.3 is 5.32 Å². The van der Waals surface area contributed by atoms with Crippen LogP contribution in [0.15, 0.2) is 71.2 Å². The van der Waals surface area contributed by atoms with Crippen LogP contribution < -0.4 is 5.32 Å². The van der Waals surface area contributed by atoms with Gasteiger partial charge in [-0.3, -0.25) is 9.20 Å². The summed E-state index contributed by atoms with van der Waals surface area (Å²) in [5, 5.41) is 6.52. The highest BCUT2D eigenvalue weighted by molar-refractivity contribution is 8.00. The summed E-state index contributed by atoms with van der Waals surface area (Å²) in [6, 6.07) is 20.0. The van der Waals surface area contributed by atoms with E-state index in [1.54, 1.807) is 11.3 Å². The maximum Gasteiger partial charge on any atom is 0.233 e. The van der Waals surface area contributed by atoms with Crippen LogP contribution in [0, 0.1) is 0 Å². The molecular formula is C22H18N4OS2. The van der Waals surface area contributed by atoms with Crippen LogP contribution in [0.2, 0.25) is 0 Å². The van der Waals surface area contributed by atoms with Crippen LogP contribution in [0.3, 0.4) is 0 Å². The normalized spacial score (nSPS) is 12.6. The van der Waals surface area contributed by atoms with E-state index in [1.165, 1.54) is 11.8 Å². The summed E-state index contributed by atoms with van der Waals surface area (Å²) in [4.78, 5) is 23.5. The number of para-hydroxylation sites is 3. The predicted molar refractivity (Wildman–Crippen MR) is 119 cm³/mol. The molecule has 0 radical (unpaired) electrons. The molecule has 0 fully saturated rings. The molecule has 5 rings (SSSR count). The van der Waals surface area contributed by atoms with Crippen molar-refractivity contribution in [2.24, 2.45) is 0 Å². The van der Waals surface area contributed by atoms with Crippen molar-refractivity contribution >= 4 is 56.6 Å². The van der Waals surface area contributed by atoms with E-state index in [4.69, 9.17) is 9.97 Å². The average Bonchev–Trinajstić information content (AvgIpc) is 3.40. The Balaban J connectivity index is 1.53. The maximum atomic E-state index is 12.7. The molecule has 144 valence electrons. The van der Waals surface area contributed by atoms with Crippen molar-refractivity contribution in [1.82, 2.24) is 19.7 Å². The number of imidazole rings is 1. The van der Waals surface area contributed by atoms with Gasteiger partial charge in [0, 0.05) is 10.3 Å². The second-order valence-electron chi connectivity index (χ2n) is 6.73. The zero-order valence-corrected chi connectivity index (χ0v) is 17.3. The molecule has 5 nitrogen and oxygen atoms in total. The summed E-state index contributed by atoms with van der Waals surface area (Å²) < 4.78 is 2.06. The summed E-state index contributed by atoms with van der Waals surface area (Å²) in [6.07, 6.45) is 0. The molecule has 1 amide bonds. The van der Waals surface area contributed by atoms with Crippen LogP contribution in [0.4, 0.5) is 0 Å². The van der Waals surface area contributed by atoms with Crippen LogP contribution in [0.1, 0.15) is 11.8 Å². The van der Waals surface area contributed by atoms with Crippen LogP contribution in [0.25, 0.3) is 27.6 Å². The van der Waals surface area contributed by atoms with E-state index in [0.717, 1.165) is 37.6 Å². The van der Waals surface area contributed by atoms with Gasteiger partial charge in [-0.2, -0.15) is 0 Å². The SMILES string of the molecule is C[C@H](Sc1nc2ccccc2c2nc3ccccc3n12)C(=O)NCc1cccs1. The molecule has 1 N–H and O–H groups in total. The Bertz CT molecular complexity index is 1330. The Kier molecular flexibility index (Phi) is 4.69. The molecule has 0 bridgehead atoms. The molecule has 0 spiro atoms. The molecule has 3 aromatic heterocycles. The molecule has 0 saturated carbocycles. The number of nitrogens with zero attached hydrogens (tertiary/aromatic N) is 3. The summed E-state index contributed by atoms with van der Waals surface area (Å²) in [5.74, 6) is -0.00377. The predicted octanol–water partition coefficient (Wildman–Crippen LogP) is 4.89. The Morgan fingerprint density at radius 2 is 1.86 bits per heavy atom. The second-order valence-corrected chi connectivity index (χ2v) is 9.07. The highest BCUT2D eigenvalue weighted by atomic mass is 32.2. The Morgan fingerprint density at radius 3 is 2.69 bits per heavy atom.